The lowest BCUT2D eigenvalue weighted by Gasteiger charge is -2.28. The van der Waals surface area contributed by atoms with Gasteiger partial charge in [0, 0.05) is 31.1 Å². The fraction of sp³-hybridized carbons (Fsp3) is 0.579. The second-order valence-corrected chi connectivity index (χ2v) is 7.00. The van der Waals surface area contributed by atoms with E-state index in [9.17, 15) is 9.59 Å². The molecule has 0 unspecified atom stereocenters. The standard InChI is InChI=1S/C19H27N3O3/c1-25-17-9-8-14(12-16(17)22-10-3-2-7-19(22)24)21-18(23)11-13-5-4-6-15(13)20/h8-9,12-13,15H,2-7,10-11,20H2,1H3,(H,21,23)/t13-,15+/m0/s1. The van der Waals surface area contributed by atoms with E-state index in [1.807, 2.05) is 12.1 Å². The number of anilines is 2. The fourth-order valence-corrected chi connectivity index (χ4v) is 3.81. The number of methoxy groups -OCH3 is 1. The zero-order valence-corrected chi connectivity index (χ0v) is 14.8. The summed E-state index contributed by atoms with van der Waals surface area (Å²) in [4.78, 5) is 26.3. The van der Waals surface area contributed by atoms with Crippen molar-refractivity contribution >= 4 is 23.2 Å². The Balaban J connectivity index is 1.72. The van der Waals surface area contributed by atoms with Gasteiger partial charge in [0.05, 0.1) is 12.8 Å². The smallest absolute Gasteiger partial charge is 0.227 e. The summed E-state index contributed by atoms with van der Waals surface area (Å²) >= 11 is 0. The first-order valence-electron chi connectivity index (χ1n) is 9.12. The van der Waals surface area contributed by atoms with Gasteiger partial charge in [0.15, 0.2) is 0 Å². The highest BCUT2D eigenvalue weighted by molar-refractivity contribution is 5.97. The Bertz CT molecular complexity index is 647. The number of ether oxygens (including phenoxy) is 1. The van der Waals surface area contributed by atoms with E-state index in [4.69, 9.17) is 10.5 Å². The van der Waals surface area contributed by atoms with E-state index in [1.165, 1.54) is 0 Å². The van der Waals surface area contributed by atoms with Crippen molar-refractivity contribution in [3.63, 3.8) is 0 Å². The topological polar surface area (TPSA) is 84.7 Å². The van der Waals surface area contributed by atoms with Crippen LogP contribution in [0, 0.1) is 5.92 Å². The lowest BCUT2D eigenvalue weighted by Crippen LogP contribution is -2.35. The zero-order valence-electron chi connectivity index (χ0n) is 14.8. The monoisotopic (exact) mass is 345 g/mol. The van der Waals surface area contributed by atoms with E-state index < -0.39 is 0 Å². The van der Waals surface area contributed by atoms with Crippen molar-refractivity contribution < 1.29 is 14.3 Å². The minimum Gasteiger partial charge on any atom is -0.495 e. The molecule has 6 nitrogen and oxygen atoms in total. The number of nitrogens with zero attached hydrogens (tertiary/aromatic N) is 1. The summed E-state index contributed by atoms with van der Waals surface area (Å²) in [6, 6.07) is 5.56. The summed E-state index contributed by atoms with van der Waals surface area (Å²) in [6.45, 7) is 0.684. The number of hydrogen-bond acceptors (Lipinski definition) is 4. The van der Waals surface area contributed by atoms with Crippen LogP contribution in [0.2, 0.25) is 0 Å². The van der Waals surface area contributed by atoms with Gasteiger partial charge in [-0.15, -0.1) is 0 Å². The second-order valence-electron chi connectivity index (χ2n) is 7.00. The minimum absolute atomic E-state index is 0.0246. The third-order valence-corrected chi connectivity index (χ3v) is 5.24. The highest BCUT2D eigenvalue weighted by Gasteiger charge is 2.27. The third kappa shape index (κ3) is 4.12. The summed E-state index contributed by atoms with van der Waals surface area (Å²) in [7, 11) is 1.59. The SMILES string of the molecule is COc1ccc(NC(=O)C[C@@H]2CCC[C@H]2N)cc1N1CCCCC1=O. The molecule has 1 saturated carbocycles. The van der Waals surface area contributed by atoms with E-state index >= 15 is 0 Å². The summed E-state index contributed by atoms with van der Waals surface area (Å²) in [5, 5.41) is 2.95. The Kier molecular flexibility index (Phi) is 5.58. The lowest BCUT2D eigenvalue weighted by atomic mass is 10.00. The van der Waals surface area contributed by atoms with E-state index in [-0.39, 0.29) is 23.8 Å². The van der Waals surface area contributed by atoms with Gasteiger partial charge in [0.25, 0.3) is 0 Å². The number of hydrogen-bond donors (Lipinski definition) is 2. The molecule has 25 heavy (non-hydrogen) atoms. The van der Waals surface area contributed by atoms with Gasteiger partial charge in [-0.2, -0.15) is 0 Å². The normalized spacial score (nSPS) is 23.6. The molecule has 2 fully saturated rings. The first kappa shape index (κ1) is 17.7. The van der Waals surface area contributed by atoms with Crippen molar-refractivity contribution in [1.82, 2.24) is 0 Å². The van der Waals surface area contributed by atoms with Crippen molar-refractivity contribution in [3.8, 4) is 5.75 Å². The molecule has 0 bridgehead atoms. The van der Waals surface area contributed by atoms with Crippen LogP contribution in [0.4, 0.5) is 11.4 Å². The molecule has 3 N–H and O–H groups in total. The highest BCUT2D eigenvalue weighted by atomic mass is 16.5. The summed E-state index contributed by atoms with van der Waals surface area (Å²) < 4.78 is 5.41. The maximum Gasteiger partial charge on any atom is 0.227 e. The predicted molar refractivity (Wildman–Crippen MR) is 97.8 cm³/mol. The molecule has 136 valence electrons. The average Bonchev–Trinajstić information content (AvgIpc) is 3.00. The van der Waals surface area contributed by atoms with Crippen LogP contribution in [0.3, 0.4) is 0 Å². The van der Waals surface area contributed by atoms with Crippen molar-refractivity contribution in [2.45, 2.75) is 51.0 Å². The van der Waals surface area contributed by atoms with Gasteiger partial charge in [-0.25, -0.2) is 0 Å². The molecule has 1 aromatic rings. The molecule has 2 atom stereocenters. The Morgan fingerprint density at radius 2 is 2.16 bits per heavy atom. The van der Waals surface area contributed by atoms with Crippen LogP contribution in [0.5, 0.6) is 5.75 Å². The first-order chi connectivity index (χ1) is 12.1. The number of nitrogens with one attached hydrogen (secondary N) is 1. The molecular weight excluding hydrogens is 318 g/mol. The van der Waals surface area contributed by atoms with Crippen LogP contribution in [-0.4, -0.2) is 31.5 Å². The minimum atomic E-state index is -0.0246. The van der Waals surface area contributed by atoms with Gasteiger partial charge in [-0.3, -0.25) is 9.59 Å². The van der Waals surface area contributed by atoms with Crippen molar-refractivity contribution in [1.29, 1.82) is 0 Å². The van der Waals surface area contributed by atoms with Gasteiger partial charge >= 0.3 is 0 Å². The average molecular weight is 345 g/mol. The van der Waals surface area contributed by atoms with E-state index in [0.29, 0.717) is 30.8 Å². The Morgan fingerprint density at radius 3 is 2.84 bits per heavy atom. The maximum atomic E-state index is 12.3. The molecule has 2 aliphatic rings. The number of benzene rings is 1. The molecule has 1 aliphatic carbocycles. The molecule has 0 aromatic heterocycles. The van der Waals surface area contributed by atoms with Crippen molar-refractivity contribution in [2.75, 3.05) is 23.9 Å². The van der Waals surface area contributed by atoms with Gasteiger partial charge in [-0.05, 0) is 49.8 Å². The molecule has 1 aromatic carbocycles. The van der Waals surface area contributed by atoms with Crippen LogP contribution < -0.4 is 20.7 Å². The van der Waals surface area contributed by atoms with Gasteiger partial charge in [0.1, 0.15) is 5.75 Å². The van der Waals surface area contributed by atoms with Crippen LogP contribution in [0.25, 0.3) is 0 Å². The predicted octanol–water partition coefficient (Wildman–Crippen LogP) is 2.67. The van der Waals surface area contributed by atoms with Gasteiger partial charge in [0.2, 0.25) is 11.8 Å². The number of carbonyl (C=O) groups is 2. The van der Waals surface area contributed by atoms with Crippen molar-refractivity contribution in [2.24, 2.45) is 11.7 Å². The molecule has 2 amide bonds. The highest BCUT2D eigenvalue weighted by Crippen LogP contribution is 2.34. The number of rotatable bonds is 5. The fourth-order valence-electron chi connectivity index (χ4n) is 3.81. The Labute approximate surface area is 148 Å². The van der Waals surface area contributed by atoms with Crippen LogP contribution in [0.15, 0.2) is 18.2 Å². The van der Waals surface area contributed by atoms with Gasteiger partial charge in [-0.1, -0.05) is 6.42 Å². The number of carbonyl (C=O) groups excluding carboxylic acids is 2. The number of piperidine rings is 1. The van der Waals surface area contributed by atoms with Crippen molar-refractivity contribution in [3.05, 3.63) is 18.2 Å². The first-order valence-corrected chi connectivity index (χ1v) is 9.12. The number of nitrogens with two attached hydrogens (primary N) is 1. The van der Waals surface area contributed by atoms with E-state index in [0.717, 1.165) is 37.8 Å². The zero-order chi connectivity index (χ0) is 17.8. The van der Waals surface area contributed by atoms with Crippen LogP contribution >= 0.6 is 0 Å². The van der Waals surface area contributed by atoms with Gasteiger partial charge < -0.3 is 20.7 Å². The third-order valence-electron chi connectivity index (χ3n) is 5.24. The summed E-state index contributed by atoms with van der Waals surface area (Å²) in [5.41, 5.74) is 7.47. The van der Waals surface area contributed by atoms with E-state index in [1.54, 1.807) is 18.1 Å². The molecular formula is C19H27N3O3. The lowest BCUT2D eigenvalue weighted by molar-refractivity contribution is -0.119. The molecule has 0 spiro atoms. The van der Waals surface area contributed by atoms with E-state index in [2.05, 4.69) is 5.32 Å². The molecule has 0 radical (unpaired) electrons. The van der Waals surface area contributed by atoms with Crippen LogP contribution in [-0.2, 0) is 9.59 Å². The quantitative estimate of drug-likeness (QED) is 0.859. The molecule has 1 heterocycles. The molecule has 1 aliphatic heterocycles. The number of amides is 2. The second kappa shape index (κ2) is 7.87. The van der Waals surface area contributed by atoms with Crippen LogP contribution in [0.1, 0.15) is 44.9 Å². The maximum absolute atomic E-state index is 12.3. The Hall–Kier alpha value is -2.08. The Morgan fingerprint density at radius 1 is 1.32 bits per heavy atom. The largest absolute Gasteiger partial charge is 0.495 e. The summed E-state index contributed by atoms with van der Waals surface area (Å²) in [6.07, 6.45) is 6.03. The summed E-state index contributed by atoms with van der Waals surface area (Å²) in [5.74, 6) is 0.987. The molecule has 1 saturated heterocycles. The molecule has 3 rings (SSSR count). The molecule has 6 heteroatoms.